The zero-order chi connectivity index (χ0) is 14.9. The number of rotatable bonds is 4. The van der Waals surface area contributed by atoms with E-state index in [0.717, 1.165) is 16.9 Å². The van der Waals surface area contributed by atoms with Gasteiger partial charge < -0.3 is 0 Å². The van der Waals surface area contributed by atoms with Gasteiger partial charge >= 0.3 is 0 Å². The van der Waals surface area contributed by atoms with Gasteiger partial charge in [0.2, 0.25) is 0 Å². The van der Waals surface area contributed by atoms with E-state index in [4.69, 9.17) is 23.2 Å². The van der Waals surface area contributed by atoms with Crippen molar-refractivity contribution in [1.82, 2.24) is 4.72 Å². The van der Waals surface area contributed by atoms with E-state index in [-0.39, 0.29) is 4.21 Å². The minimum absolute atomic E-state index is 0.170. The van der Waals surface area contributed by atoms with Crippen LogP contribution in [0.5, 0.6) is 0 Å². The van der Waals surface area contributed by atoms with Crippen LogP contribution in [0.3, 0.4) is 0 Å². The zero-order valence-corrected chi connectivity index (χ0v) is 15.0. The molecule has 0 bridgehead atoms. The van der Waals surface area contributed by atoms with Crippen LogP contribution >= 0.6 is 50.5 Å². The standard InChI is InChI=1S/C12H10BrCl2NO2S2/c1-7(8-3-2-4-9(14)5-8)16-20(17,18)11-6-10(15)12(13)19-11/h2-7,16H,1H3. The lowest BCUT2D eigenvalue weighted by atomic mass is 10.1. The molecule has 0 saturated heterocycles. The molecule has 0 saturated carbocycles. The van der Waals surface area contributed by atoms with Crippen LogP contribution in [0.2, 0.25) is 10.0 Å². The number of benzene rings is 1. The number of nitrogens with one attached hydrogen (secondary N) is 1. The molecule has 0 aliphatic rings. The predicted molar refractivity (Wildman–Crippen MR) is 87.2 cm³/mol. The second-order valence-electron chi connectivity index (χ2n) is 4.09. The molecule has 20 heavy (non-hydrogen) atoms. The van der Waals surface area contributed by atoms with E-state index in [9.17, 15) is 8.42 Å². The number of hydrogen-bond acceptors (Lipinski definition) is 3. The highest BCUT2D eigenvalue weighted by Crippen LogP contribution is 2.35. The van der Waals surface area contributed by atoms with E-state index in [1.54, 1.807) is 25.1 Å². The molecule has 2 rings (SSSR count). The molecule has 1 aromatic heterocycles. The Hall–Kier alpha value is -0.110. The molecular formula is C12H10BrCl2NO2S2. The van der Waals surface area contributed by atoms with Gasteiger partial charge in [-0.05, 0) is 46.6 Å². The smallest absolute Gasteiger partial charge is 0.206 e. The third-order valence-corrected chi connectivity index (χ3v) is 7.29. The van der Waals surface area contributed by atoms with E-state index in [1.807, 2.05) is 6.07 Å². The van der Waals surface area contributed by atoms with Crippen molar-refractivity contribution in [3.63, 3.8) is 0 Å². The topological polar surface area (TPSA) is 46.2 Å². The van der Waals surface area contributed by atoms with Gasteiger partial charge in [0.25, 0.3) is 10.0 Å². The van der Waals surface area contributed by atoms with Crippen molar-refractivity contribution in [3.8, 4) is 0 Å². The van der Waals surface area contributed by atoms with Crippen LogP contribution in [0.15, 0.2) is 38.3 Å². The lowest BCUT2D eigenvalue weighted by molar-refractivity contribution is 0.569. The lowest BCUT2D eigenvalue weighted by Gasteiger charge is -2.14. The molecule has 1 unspecified atom stereocenters. The van der Waals surface area contributed by atoms with Crippen LogP contribution < -0.4 is 4.72 Å². The van der Waals surface area contributed by atoms with Gasteiger partial charge in [-0.3, -0.25) is 0 Å². The Morgan fingerprint density at radius 2 is 2.00 bits per heavy atom. The highest BCUT2D eigenvalue weighted by atomic mass is 79.9. The second kappa shape index (κ2) is 6.34. The number of thiophene rings is 1. The molecule has 0 aliphatic heterocycles. The van der Waals surface area contributed by atoms with Crippen molar-refractivity contribution in [3.05, 3.63) is 49.7 Å². The second-order valence-corrected chi connectivity index (χ2v) is 9.24. The lowest BCUT2D eigenvalue weighted by Crippen LogP contribution is -2.26. The maximum absolute atomic E-state index is 12.3. The van der Waals surface area contributed by atoms with Gasteiger partial charge in [0.1, 0.15) is 4.21 Å². The van der Waals surface area contributed by atoms with Crippen LogP contribution in [0.4, 0.5) is 0 Å². The molecule has 8 heteroatoms. The fraction of sp³-hybridized carbons (Fsp3) is 0.167. The van der Waals surface area contributed by atoms with E-state index >= 15 is 0 Å². The van der Waals surface area contributed by atoms with Gasteiger partial charge in [-0.2, -0.15) is 0 Å². The van der Waals surface area contributed by atoms with Crippen LogP contribution in [0.25, 0.3) is 0 Å². The molecule has 3 nitrogen and oxygen atoms in total. The minimum atomic E-state index is -3.61. The van der Waals surface area contributed by atoms with Crippen molar-refractivity contribution >= 4 is 60.5 Å². The quantitative estimate of drug-likeness (QED) is 0.776. The highest BCUT2D eigenvalue weighted by Gasteiger charge is 2.22. The maximum Gasteiger partial charge on any atom is 0.250 e. The third-order valence-electron chi connectivity index (χ3n) is 2.57. The summed E-state index contributed by atoms with van der Waals surface area (Å²) in [6, 6.07) is 8.09. The van der Waals surface area contributed by atoms with Gasteiger partial charge in [0, 0.05) is 11.1 Å². The van der Waals surface area contributed by atoms with Crippen molar-refractivity contribution in [1.29, 1.82) is 0 Å². The molecule has 0 amide bonds. The summed E-state index contributed by atoms with van der Waals surface area (Å²) in [4.78, 5) is 0. The summed E-state index contributed by atoms with van der Waals surface area (Å²) in [5.74, 6) is 0. The molecule has 1 heterocycles. The fourth-order valence-electron chi connectivity index (χ4n) is 1.59. The van der Waals surface area contributed by atoms with E-state index in [0.29, 0.717) is 13.8 Å². The largest absolute Gasteiger partial charge is 0.250 e. The first-order valence-corrected chi connectivity index (χ1v) is 9.37. The van der Waals surface area contributed by atoms with Crippen molar-refractivity contribution in [2.24, 2.45) is 0 Å². The molecule has 1 aromatic carbocycles. The Morgan fingerprint density at radius 3 is 2.55 bits per heavy atom. The van der Waals surface area contributed by atoms with Crippen molar-refractivity contribution < 1.29 is 8.42 Å². The Labute approximate surface area is 140 Å². The molecule has 0 radical (unpaired) electrons. The Morgan fingerprint density at radius 1 is 1.30 bits per heavy atom. The Kier molecular flexibility index (Phi) is 5.15. The average molecular weight is 415 g/mol. The normalized spacial score (nSPS) is 13.4. The summed E-state index contributed by atoms with van der Waals surface area (Å²) in [7, 11) is -3.61. The molecule has 0 spiro atoms. The van der Waals surface area contributed by atoms with Gasteiger partial charge in [-0.15, -0.1) is 11.3 Å². The monoisotopic (exact) mass is 413 g/mol. The molecule has 0 fully saturated rings. The average Bonchev–Trinajstić information content (AvgIpc) is 2.70. The van der Waals surface area contributed by atoms with Gasteiger partial charge in [-0.25, -0.2) is 13.1 Å². The first-order valence-electron chi connectivity index (χ1n) is 5.52. The first-order chi connectivity index (χ1) is 9.29. The van der Waals surface area contributed by atoms with Crippen LogP contribution in [0.1, 0.15) is 18.5 Å². The molecular weight excluding hydrogens is 405 g/mol. The number of hydrogen-bond donors (Lipinski definition) is 1. The van der Waals surface area contributed by atoms with Crippen LogP contribution in [0, 0.1) is 0 Å². The highest BCUT2D eigenvalue weighted by molar-refractivity contribution is 9.11. The summed E-state index contributed by atoms with van der Waals surface area (Å²) in [5, 5.41) is 0.946. The van der Waals surface area contributed by atoms with E-state index in [1.165, 1.54) is 6.07 Å². The molecule has 2 aromatic rings. The summed E-state index contributed by atoms with van der Waals surface area (Å²) >= 11 is 16.0. The molecule has 1 atom stereocenters. The van der Waals surface area contributed by atoms with Crippen molar-refractivity contribution in [2.75, 3.05) is 0 Å². The van der Waals surface area contributed by atoms with Crippen LogP contribution in [-0.4, -0.2) is 8.42 Å². The fourth-order valence-corrected chi connectivity index (χ4v) is 5.44. The first kappa shape index (κ1) is 16.3. The van der Waals surface area contributed by atoms with Gasteiger partial charge in [0.15, 0.2) is 0 Å². The Balaban J connectivity index is 2.24. The van der Waals surface area contributed by atoms with Crippen LogP contribution in [-0.2, 0) is 10.0 Å². The number of sulfonamides is 1. The SMILES string of the molecule is CC(NS(=O)(=O)c1cc(Cl)c(Br)s1)c1cccc(Cl)c1. The summed E-state index contributed by atoms with van der Waals surface area (Å²) in [6.45, 7) is 1.76. The maximum atomic E-state index is 12.3. The minimum Gasteiger partial charge on any atom is -0.206 e. The van der Waals surface area contributed by atoms with E-state index < -0.39 is 16.1 Å². The van der Waals surface area contributed by atoms with Gasteiger partial charge in [0.05, 0.1) is 8.81 Å². The van der Waals surface area contributed by atoms with Crippen molar-refractivity contribution in [2.45, 2.75) is 17.2 Å². The molecule has 108 valence electrons. The van der Waals surface area contributed by atoms with Gasteiger partial charge in [-0.1, -0.05) is 35.3 Å². The van der Waals surface area contributed by atoms with E-state index in [2.05, 4.69) is 20.7 Å². The predicted octanol–water partition coefficient (Wildman–Crippen LogP) is 4.86. The third kappa shape index (κ3) is 3.75. The Bertz CT molecular complexity index is 711. The summed E-state index contributed by atoms with van der Waals surface area (Å²) in [6.07, 6.45) is 0. The zero-order valence-electron chi connectivity index (χ0n) is 10.2. The number of halogens is 3. The molecule has 1 N–H and O–H groups in total. The molecule has 0 aliphatic carbocycles. The summed E-state index contributed by atoms with van der Waals surface area (Å²) < 4.78 is 27.9. The summed E-state index contributed by atoms with van der Waals surface area (Å²) in [5.41, 5.74) is 0.794.